The van der Waals surface area contributed by atoms with Gasteiger partial charge in [-0.3, -0.25) is 0 Å². The maximum Gasteiger partial charge on any atom is 0.167 e. The van der Waals surface area contributed by atoms with E-state index in [-0.39, 0.29) is 22.4 Å². The third-order valence-electron chi connectivity index (χ3n) is 5.40. The molecule has 28 heavy (non-hydrogen) atoms. The number of ether oxygens (including phenoxy) is 2. The van der Waals surface area contributed by atoms with Crippen LogP contribution in [-0.2, 0) is 4.74 Å². The average Bonchev–Trinajstić information content (AvgIpc) is 2.71. The first-order valence-corrected chi connectivity index (χ1v) is 10.1. The van der Waals surface area contributed by atoms with Crippen LogP contribution >= 0.6 is 0 Å². The Hall–Kier alpha value is -2.01. The van der Waals surface area contributed by atoms with E-state index in [2.05, 4.69) is 6.92 Å². The van der Waals surface area contributed by atoms with Gasteiger partial charge in [-0.05, 0) is 42.9 Å². The van der Waals surface area contributed by atoms with Crippen molar-refractivity contribution in [3.8, 4) is 16.9 Å². The molecule has 2 atom stereocenters. The number of hydrogen-bond acceptors (Lipinski definition) is 2. The zero-order valence-corrected chi connectivity index (χ0v) is 16.4. The van der Waals surface area contributed by atoms with E-state index in [4.69, 9.17) is 9.47 Å². The fourth-order valence-electron chi connectivity index (χ4n) is 3.52. The molecule has 2 nitrogen and oxygen atoms in total. The molecule has 0 spiro atoms. The van der Waals surface area contributed by atoms with E-state index >= 15 is 0 Å². The largest absolute Gasteiger partial charge is 0.491 e. The highest BCUT2D eigenvalue weighted by Gasteiger charge is 2.26. The summed E-state index contributed by atoms with van der Waals surface area (Å²) in [5.41, 5.74) is 0.539. The maximum absolute atomic E-state index is 14.7. The molecule has 1 fully saturated rings. The van der Waals surface area contributed by atoms with Gasteiger partial charge in [0.2, 0.25) is 0 Å². The number of unbranched alkanes of at least 4 members (excludes halogenated alkanes) is 1. The van der Waals surface area contributed by atoms with Crippen LogP contribution < -0.4 is 4.74 Å². The van der Waals surface area contributed by atoms with Gasteiger partial charge < -0.3 is 9.47 Å². The Kier molecular flexibility index (Phi) is 7.00. The van der Waals surface area contributed by atoms with Gasteiger partial charge in [0.25, 0.3) is 0 Å². The van der Waals surface area contributed by atoms with Crippen molar-refractivity contribution < 1.29 is 22.6 Å². The minimum Gasteiger partial charge on any atom is -0.491 e. The third kappa shape index (κ3) is 4.52. The maximum atomic E-state index is 14.7. The quantitative estimate of drug-likeness (QED) is 0.481. The highest BCUT2D eigenvalue weighted by Crippen LogP contribution is 2.36. The monoisotopic (exact) mass is 392 g/mol. The summed E-state index contributed by atoms with van der Waals surface area (Å²) in [6.07, 6.45) is 3.97. The number of benzene rings is 2. The Morgan fingerprint density at radius 2 is 1.86 bits per heavy atom. The Bertz CT molecular complexity index is 799. The number of halogens is 3. The lowest BCUT2D eigenvalue weighted by Gasteiger charge is -2.29. The Morgan fingerprint density at radius 3 is 2.50 bits per heavy atom. The van der Waals surface area contributed by atoms with Crippen molar-refractivity contribution in [1.29, 1.82) is 0 Å². The summed E-state index contributed by atoms with van der Waals surface area (Å²) >= 11 is 0. The van der Waals surface area contributed by atoms with Crippen LogP contribution in [0.15, 0.2) is 30.3 Å². The molecule has 5 heteroatoms. The minimum atomic E-state index is -0.974. The lowest BCUT2D eigenvalue weighted by atomic mass is 9.92. The summed E-state index contributed by atoms with van der Waals surface area (Å²) in [6, 6.07) is 7.23. The molecule has 1 heterocycles. The molecule has 1 saturated heterocycles. The lowest BCUT2D eigenvalue weighted by molar-refractivity contribution is -0.0200. The van der Waals surface area contributed by atoms with E-state index in [1.165, 1.54) is 18.2 Å². The van der Waals surface area contributed by atoms with Crippen LogP contribution in [0, 0.1) is 23.4 Å². The third-order valence-corrected chi connectivity index (χ3v) is 5.40. The molecule has 2 unspecified atom stereocenters. The molecule has 0 N–H and O–H groups in total. The van der Waals surface area contributed by atoms with Gasteiger partial charge in [0, 0.05) is 11.1 Å². The molecule has 1 aliphatic rings. The van der Waals surface area contributed by atoms with Crippen molar-refractivity contribution >= 4 is 0 Å². The molecule has 0 bridgehead atoms. The SMILES string of the molecule is CCCCOc1ccc(-c2ccc(C3CCC(CC)CO3)c(F)c2F)cc1F. The zero-order valence-electron chi connectivity index (χ0n) is 16.4. The Labute approximate surface area is 164 Å². The highest BCUT2D eigenvalue weighted by molar-refractivity contribution is 5.66. The summed E-state index contributed by atoms with van der Waals surface area (Å²) in [6.45, 7) is 5.10. The molecule has 0 amide bonds. The lowest BCUT2D eigenvalue weighted by Crippen LogP contribution is -2.21. The van der Waals surface area contributed by atoms with Crippen LogP contribution in [0.25, 0.3) is 11.1 Å². The molecule has 2 aromatic carbocycles. The van der Waals surface area contributed by atoms with Crippen molar-refractivity contribution in [3.05, 3.63) is 53.3 Å². The van der Waals surface area contributed by atoms with Crippen LogP contribution in [0.3, 0.4) is 0 Å². The standard InChI is InChI=1S/C23H27F3O2/c1-3-5-12-27-21-11-7-16(13-19(21)24)17-8-9-18(23(26)22(17)25)20-10-6-15(4-2)14-28-20/h7-9,11,13,15,20H,3-6,10,12,14H2,1-2H3. The molecule has 0 aliphatic carbocycles. The van der Waals surface area contributed by atoms with Gasteiger partial charge in [0.1, 0.15) is 0 Å². The van der Waals surface area contributed by atoms with Gasteiger partial charge in [0.15, 0.2) is 23.2 Å². The summed E-state index contributed by atoms with van der Waals surface area (Å²) in [7, 11) is 0. The van der Waals surface area contributed by atoms with Gasteiger partial charge in [-0.15, -0.1) is 0 Å². The Morgan fingerprint density at radius 1 is 1.04 bits per heavy atom. The van der Waals surface area contributed by atoms with Crippen LogP contribution in [0.5, 0.6) is 5.75 Å². The second-order valence-electron chi connectivity index (χ2n) is 7.35. The van der Waals surface area contributed by atoms with Gasteiger partial charge in [-0.2, -0.15) is 0 Å². The second-order valence-corrected chi connectivity index (χ2v) is 7.35. The van der Waals surface area contributed by atoms with Gasteiger partial charge in [0.05, 0.1) is 19.3 Å². The van der Waals surface area contributed by atoms with Crippen molar-refractivity contribution in [2.24, 2.45) is 5.92 Å². The van der Waals surface area contributed by atoms with Gasteiger partial charge in [-0.25, -0.2) is 13.2 Å². The normalized spacial score (nSPS) is 19.6. The summed E-state index contributed by atoms with van der Waals surface area (Å²) in [5.74, 6) is -1.88. The van der Waals surface area contributed by atoms with E-state index in [1.54, 1.807) is 12.1 Å². The van der Waals surface area contributed by atoms with Crippen LogP contribution in [0.4, 0.5) is 13.2 Å². The number of hydrogen-bond donors (Lipinski definition) is 0. The van der Waals surface area contributed by atoms with E-state index in [0.717, 1.165) is 25.7 Å². The zero-order chi connectivity index (χ0) is 20.1. The van der Waals surface area contributed by atoms with Crippen molar-refractivity contribution in [3.63, 3.8) is 0 Å². The number of rotatable bonds is 7. The molecule has 152 valence electrons. The van der Waals surface area contributed by atoms with E-state index in [9.17, 15) is 13.2 Å². The van der Waals surface area contributed by atoms with Crippen molar-refractivity contribution in [1.82, 2.24) is 0 Å². The van der Waals surface area contributed by atoms with Crippen LogP contribution in [-0.4, -0.2) is 13.2 Å². The topological polar surface area (TPSA) is 18.5 Å². The first-order chi connectivity index (χ1) is 13.5. The molecule has 0 aromatic heterocycles. The fourth-order valence-corrected chi connectivity index (χ4v) is 3.52. The molecule has 0 saturated carbocycles. The minimum absolute atomic E-state index is 0.0301. The molecule has 2 aromatic rings. The van der Waals surface area contributed by atoms with Crippen molar-refractivity contribution in [2.75, 3.05) is 13.2 Å². The first-order valence-electron chi connectivity index (χ1n) is 10.1. The van der Waals surface area contributed by atoms with E-state index < -0.39 is 23.6 Å². The van der Waals surface area contributed by atoms with E-state index in [1.807, 2.05) is 6.92 Å². The predicted molar refractivity (Wildman–Crippen MR) is 104 cm³/mol. The van der Waals surface area contributed by atoms with E-state index in [0.29, 0.717) is 25.6 Å². The summed E-state index contributed by atoms with van der Waals surface area (Å²) in [5, 5.41) is 0. The van der Waals surface area contributed by atoms with Gasteiger partial charge in [-0.1, -0.05) is 44.9 Å². The molecule has 0 radical (unpaired) electrons. The molecule has 1 aliphatic heterocycles. The molecule has 3 rings (SSSR count). The van der Waals surface area contributed by atoms with Crippen LogP contribution in [0.2, 0.25) is 0 Å². The molecular formula is C23H27F3O2. The van der Waals surface area contributed by atoms with Gasteiger partial charge >= 0.3 is 0 Å². The molecular weight excluding hydrogens is 365 g/mol. The smallest absolute Gasteiger partial charge is 0.167 e. The summed E-state index contributed by atoms with van der Waals surface area (Å²) < 4.78 is 54.9. The van der Waals surface area contributed by atoms with Crippen LogP contribution in [0.1, 0.15) is 57.6 Å². The van der Waals surface area contributed by atoms with Crippen molar-refractivity contribution in [2.45, 2.75) is 52.1 Å². The fraction of sp³-hybridized carbons (Fsp3) is 0.478. The predicted octanol–water partition coefficient (Wildman–Crippen LogP) is 6.83. The second kappa shape index (κ2) is 9.46. The summed E-state index contributed by atoms with van der Waals surface area (Å²) in [4.78, 5) is 0. The average molecular weight is 392 g/mol. The first kappa shape index (κ1) is 20.7. The highest BCUT2D eigenvalue weighted by atomic mass is 19.2. The Balaban J connectivity index is 1.80.